The van der Waals surface area contributed by atoms with Crippen LogP contribution < -0.4 is 10.2 Å². The van der Waals surface area contributed by atoms with Gasteiger partial charge in [-0.25, -0.2) is 0 Å². The minimum Gasteiger partial charge on any atom is -0.550 e. The summed E-state index contributed by atoms with van der Waals surface area (Å²) in [6.45, 7) is 0. The molecule has 0 amide bonds. The van der Waals surface area contributed by atoms with Crippen LogP contribution in [0, 0.1) is 0 Å². The lowest BCUT2D eigenvalue weighted by Gasteiger charge is -2.20. The number of aliphatic carboxylic acids is 2. The quantitative estimate of drug-likeness (QED) is 0.485. The minimum absolute atomic E-state index is 0.0352. The molecule has 0 fully saturated rings. The first-order valence-corrected chi connectivity index (χ1v) is 9.02. The van der Waals surface area contributed by atoms with Gasteiger partial charge in [0.15, 0.2) is 0 Å². The summed E-state index contributed by atoms with van der Waals surface area (Å²) in [5.41, 5.74) is -0.519. The first-order chi connectivity index (χ1) is 14.1. The second-order valence-electron chi connectivity index (χ2n) is 7.06. The molecule has 0 aliphatic rings. The van der Waals surface area contributed by atoms with Crippen molar-refractivity contribution in [1.82, 2.24) is 0 Å². The highest BCUT2D eigenvalue weighted by Crippen LogP contribution is 2.39. The lowest BCUT2D eigenvalue weighted by molar-refractivity contribution is -0.306. The Bertz CT molecular complexity index is 1340. The molecule has 0 atom stereocenters. The van der Waals surface area contributed by atoms with Crippen LogP contribution >= 0.6 is 0 Å². The molecular formula is C23H13F3O4-2. The van der Waals surface area contributed by atoms with E-state index in [4.69, 9.17) is 0 Å². The number of benzene rings is 4. The molecule has 4 aromatic carbocycles. The van der Waals surface area contributed by atoms with Crippen LogP contribution in [0.3, 0.4) is 0 Å². The molecule has 0 spiro atoms. The fraction of sp³-hybridized carbons (Fsp3) is 0.130. The fourth-order valence-electron chi connectivity index (χ4n) is 3.93. The fourth-order valence-corrected chi connectivity index (χ4v) is 3.93. The maximum atomic E-state index is 13.3. The normalized spacial score (nSPS) is 12.0. The van der Waals surface area contributed by atoms with Crippen molar-refractivity contribution >= 4 is 44.3 Å². The topological polar surface area (TPSA) is 80.3 Å². The third kappa shape index (κ3) is 3.43. The van der Waals surface area contributed by atoms with E-state index in [0.717, 1.165) is 22.9 Å². The van der Waals surface area contributed by atoms with Crippen molar-refractivity contribution in [3.05, 3.63) is 71.3 Å². The highest BCUT2D eigenvalue weighted by Gasteiger charge is 2.31. The molecule has 0 aliphatic carbocycles. The number of carboxylic acids is 2. The van der Waals surface area contributed by atoms with Gasteiger partial charge in [0.25, 0.3) is 0 Å². The molecule has 0 saturated heterocycles. The molecule has 0 heterocycles. The predicted molar refractivity (Wildman–Crippen MR) is 101 cm³/mol. The average Bonchev–Trinajstić information content (AvgIpc) is 2.67. The molecule has 4 rings (SSSR count). The highest BCUT2D eigenvalue weighted by molar-refractivity contribution is 6.12. The minimum atomic E-state index is -4.64. The highest BCUT2D eigenvalue weighted by atomic mass is 19.4. The maximum absolute atomic E-state index is 13.3. The van der Waals surface area contributed by atoms with Gasteiger partial charge >= 0.3 is 6.18 Å². The van der Waals surface area contributed by atoms with Crippen LogP contribution in [0.1, 0.15) is 16.7 Å². The van der Waals surface area contributed by atoms with Gasteiger partial charge in [-0.15, -0.1) is 0 Å². The van der Waals surface area contributed by atoms with Crippen molar-refractivity contribution in [2.75, 3.05) is 0 Å². The second-order valence-corrected chi connectivity index (χ2v) is 7.06. The third-order valence-corrected chi connectivity index (χ3v) is 5.18. The molecule has 0 saturated carbocycles. The smallest absolute Gasteiger partial charge is 0.416 e. The molecule has 4 nitrogen and oxygen atoms in total. The van der Waals surface area contributed by atoms with Gasteiger partial charge in [-0.2, -0.15) is 13.2 Å². The molecule has 0 unspecified atom stereocenters. The van der Waals surface area contributed by atoms with Crippen LogP contribution in [0.5, 0.6) is 0 Å². The Morgan fingerprint density at radius 2 is 1.17 bits per heavy atom. The Labute approximate surface area is 168 Å². The molecule has 0 aliphatic heterocycles. The van der Waals surface area contributed by atoms with Crippen LogP contribution in [-0.4, -0.2) is 11.9 Å². The second kappa shape index (κ2) is 7.02. The van der Waals surface area contributed by atoms with E-state index in [1.807, 2.05) is 6.07 Å². The van der Waals surface area contributed by atoms with Crippen molar-refractivity contribution in [2.24, 2.45) is 0 Å². The van der Waals surface area contributed by atoms with Gasteiger partial charge in [-0.05, 0) is 67.7 Å². The van der Waals surface area contributed by atoms with Gasteiger partial charge in [0, 0.05) is 24.8 Å². The molecule has 0 aromatic heterocycles. The standard InChI is InChI=1S/C23H15F3O4/c24-23(25,26)14-5-6-15-18(9-14)20(11-22(29)30)17-8-13-4-2-1-3-12(13)7-16(17)19(15)10-21(27)28/h1-9H,10-11H2,(H,27,28)(H,29,30)/p-2. The Kier molecular flexibility index (Phi) is 4.61. The van der Waals surface area contributed by atoms with Crippen molar-refractivity contribution in [3.8, 4) is 0 Å². The first kappa shape index (κ1) is 19.7. The summed E-state index contributed by atoms with van der Waals surface area (Å²) in [4.78, 5) is 22.8. The van der Waals surface area contributed by atoms with Gasteiger partial charge < -0.3 is 19.8 Å². The van der Waals surface area contributed by atoms with Crippen LogP contribution in [0.15, 0.2) is 54.6 Å². The van der Waals surface area contributed by atoms with E-state index in [2.05, 4.69) is 0 Å². The number of alkyl halides is 3. The van der Waals surface area contributed by atoms with Crippen molar-refractivity contribution in [3.63, 3.8) is 0 Å². The van der Waals surface area contributed by atoms with E-state index in [1.165, 1.54) is 6.07 Å². The summed E-state index contributed by atoms with van der Waals surface area (Å²) < 4.78 is 39.9. The number of halogens is 3. The van der Waals surface area contributed by atoms with Crippen LogP contribution in [0.2, 0.25) is 0 Å². The van der Waals surface area contributed by atoms with E-state index in [9.17, 15) is 33.0 Å². The zero-order valence-corrected chi connectivity index (χ0v) is 15.4. The van der Waals surface area contributed by atoms with Crippen molar-refractivity contribution in [1.29, 1.82) is 0 Å². The van der Waals surface area contributed by atoms with Gasteiger partial charge in [-0.1, -0.05) is 30.3 Å². The molecule has 0 radical (unpaired) electrons. The van der Waals surface area contributed by atoms with E-state index in [1.54, 1.807) is 30.3 Å². The number of fused-ring (bicyclic) bond motifs is 3. The number of rotatable bonds is 4. The zero-order chi connectivity index (χ0) is 21.6. The number of hydrogen-bond acceptors (Lipinski definition) is 4. The average molecular weight is 410 g/mol. The summed E-state index contributed by atoms with van der Waals surface area (Å²) in [5, 5.41) is 25.5. The molecule has 152 valence electrons. The summed E-state index contributed by atoms with van der Waals surface area (Å²) in [6, 6.07) is 13.5. The van der Waals surface area contributed by atoms with Gasteiger partial charge in [0.05, 0.1) is 5.56 Å². The van der Waals surface area contributed by atoms with E-state index in [-0.39, 0.29) is 21.9 Å². The lowest BCUT2D eigenvalue weighted by atomic mass is 9.87. The Morgan fingerprint density at radius 1 is 0.700 bits per heavy atom. The Balaban J connectivity index is 2.23. The molecule has 0 bridgehead atoms. The molecule has 30 heavy (non-hydrogen) atoms. The molecule has 7 heteroatoms. The maximum Gasteiger partial charge on any atom is 0.416 e. The number of hydrogen-bond donors (Lipinski definition) is 0. The Hall–Kier alpha value is -3.61. The van der Waals surface area contributed by atoms with Gasteiger partial charge in [0.1, 0.15) is 0 Å². The number of carboxylic acid groups (broad SMARTS) is 2. The van der Waals surface area contributed by atoms with E-state index < -0.39 is 36.5 Å². The van der Waals surface area contributed by atoms with E-state index >= 15 is 0 Å². The van der Waals surface area contributed by atoms with Crippen LogP contribution in [0.25, 0.3) is 32.3 Å². The van der Waals surface area contributed by atoms with Crippen molar-refractivity contribution in [2.45, 2.75) is 19.0 Å². The van der Waals surface area contributed by atoms with Crippen LogP contribution in [0.4, 0.5) is 13.2 Å². The monoisotopic (exact) mass is 410 g/mol. The van der Waals surface area contributed by atoms with E-state index in [0.29, 0.717) is 10.8 Å². The van der Waals surface area contributed by atoms with Gasteiger partial charge in [0.2, 0.25) is 0 Å². The summed E-state index contributed by atoms with van der Waals surface area (Å²) in [6.07, 6.45) is -5.78. The SMILES string of the molecule is O=C([O-])Cc1c2ccc(C(F)(F)F)cc2c(CC(=O)[O-])c2cc3ccccc3cc12. The first-order valence-electron chi connectivity index (χ1n) is 9.02. The number of carbonyl (C=O) groups is 2. The summed E-state index contributed by atoms with van der Waals surface area (Å²) in [7, 11) is 0. The Morgan fingerprint density at radius 3 is 1.63 bits per heavy atom. The number of carbonyl (C=O) groups excluding carboxylic acids is 2. The predicted octanol–water partition coefficient (Wildman–Crippen LogP) is 2.75. The summed E-state index contributed by atoms with van der Waals surface area (Å²) >= 11 is 0. The lowest BCUT2D eigenvalue weighted by Crippen LogP contribution is -2.26. The molecule has 0 N–H and O–H groups in total. The largest absolute Gasteiger partial charge is 0.550 e. The third-order valence-electron chi connectivity index (χ3n) is 5.18. The van der Waals surface area contributed by atoms with Gasteiger partial charge in [-0.3, -0.25) is 0 Å². The summed E-state index contributed by atoms with van der Waals surface area (Å²) in [5.74, 6) is -2.84. The molecule has 4 aromatic rings. The van der Waals surface area contributed by atoms with Crippen molar-refractivity contribution < 1.29 is 33.0 Å². The van der Waals surface area contributed by atoms with Crippen LogP contribution in [-0.2, 0) is 28.6 Å². The zero-order valence-electron chi connectivity index (χ0n) is 15.4. The molecular weight excluding hydrogens is 397 g/mol.